The highest BCUT2D eigenvalue weighted by atomic mass is 16.3. The Hall–Kier alpha value is -2.36. The summed E-state index contributed by atoms with van der Waals surface area (Å²) in [7, 11) is 0. The fourth-order valence-corrected chi connectivity index (χ4v) is 1.99. The third kappa shape index (κ3) is 2.73. The van der Waals surface area contributed by atoms with Gasteiger partial charge in [-0.25, -0.2) is 0 Å². The van der Waals surface area contributed by atoms with Crippen LogP contribution >= 0.6 is 0 Å². The minimum Gasteiger partial charge on any atom is -0.465 e. The molecule has 0 aromatic carbocycles. The van der Waals surface area contributed by atoms with Crippen molar-refractivity contribution in [3.8, 4) is 0 Å². The first-order valence-corrected chi connectivity index (χ1v) is 5.96. The van der Waals surface area contributed by atoms with Crippen molar-refractivity contribution in [2.24, 2.45) is 0 Å². The van der Waals surface area contributed by atoms with E-state index in [0.29, 0.717) is 16.9 Å². The van der Waals surface area contributed by atoms with Gasteiger partial charge in [0.2, 0.25) is 0 Å². The summed E-state index contributed by atoms with van der Waals surface area (Å²) >= 11 is 0. The highest BCUT2D eigenvalue weighted by molar-refractivity contribution is 6.11. The molecule has 0 saturated heterocycles. The largest absolute Gasteiger partial charge is 0.465 e. The lowest BCUT2D eigenvalue weighted by Gasteiger charge is -2.05. The van der Waals surface area contributed by atoms with Crippen molar-refractivity contribution in [1.29, 1.82) is 0 Å². The van der Waals surface area contributed by atoms with E-state index in [1.54, 1.807) is 45.0 Å². The Morgan fingerprint density at radius 1 is 1.37 bits per heavy atom. The van der Waals surface area contributed by atoms with E-state index in [-0.39, 0.29) is 16.9 Å². The normalized spacial score (nSPS) is 11.6. The van der Waals surface area contributed by atoms with Gasteiger partial charge in [0.05, 0.1) is 11.8 Å². The molecule has 0 aliphatic rings. The Kier molecular flexibility index (Phi) is 3.51. The highest BCUT2D eigenvalue weighted by Gasteiger charge is 2.16. The molecule has 4 heteroatoms. The van der Waals surface area contributed by atoms with Gasteiger partial charge in [0.25, 0.3) is 5.56 Å². The average molecular weight is 257 g/mol. The molecule has 2 aromatic heterocycles. The maximum absolute atomic E-state index is 12.3. The molecule has 2 rings (SSSR count). The van der Waals surface area contributed by atoms with E-state index in [1.165, 1.54) is 6.26 Å². The zero-order valence-electron chi connectivity index (χ0n) is 11.1. The van der Waals surface area contributed by atoms with Crippen molar-refractivity contribution >= 4 is 11.9 Å². The predicted octanol–water partition coefficient (Wildman–Crippen LogP) is 2.87. The Labute approximate surface area is 110 Å². The highest BCUT2D eigenvalue weighted by Crippen LogP contribution is 2.13. The molecule has 0 unspecified atom stereocenters. The van der Waals surface area contributed by atoms with E-state index in [9.17, 15) is 9.59 Å². The van der Waals surface area contributed by atoms with E-state index < -0.39 is 0 Å². The second-order valence-electron chi connectivity index (χ2n) is 4.51. The van der Waals surface area contributed by atoms with Gasteiger partial charge in [0.1, 0.15) is 5.76 Å². The number of hydrogen-bond donors (Lipinski definition) is 1. The summed E-state index contributed by atoms with van der Waals surface area (Å²) in [6, 6.07) is 5.28. The molecule has 2 aromatic rings. The molecule has 0 aliphatic carbocycles. The lowest BCUT2D eigenvalue weighted by molar-refractivity contribution is 0.103. The average Bonchev–Trinajstić information content (AvgIpc) is 2.80. The van der Waals surface area contributed by atoms with Gasteiger partial charge in [-0.3, -0.25) is 9.59 Å². The van der Waals surface area contributed by atoms with Crippen LogP contribution < -0.4 is 5.56 Å². The molecule has 0 radical (unpaired) electrons. The molecular formula is C15H15NO3. The van der Waals surface area contributed by atoms with Crippen LogP contribution in [-0.2, 0) is 0 Å². The summed E-state index contributed by atoms with van der Waals surface area (Å²) in [5, 5.41) is 0. The number of rotatable bonds is 3. The number of furan rings is 1. The smallest absolute Gasteiger partial charge is 0.259 e. The lowest BCUT2D eigenvalue weighted by atomic mass is 10.0. The summed E-state index contributed by atoms with van der Waals surface area (Å²) in [5.74, 6) is 0.308. The van der Waals surface area contributed by atoms with E-state index >= 15 is 0 Å². The number of ketones is 1. The van der Waals surface area contributed by atoms with Crippen molar-refractivity contribution in [3.05, 3.63) is 63.0 Å². The molecule has 0 bridgehead atoms. The standard InChI is InChI=1S/C15H15NO3/c1-9-7-11(3)16-15(18)13(9)14(17)10(2)8-12-5-4-6-19-12/h4-8H,1-3H3,(H,16,18)/b10-8-. The van der Waals surface area contributed by atoms with Gasteiger partial charge in [-0.15, -0.1) is 0 Å². The Morgan fingerprint density at radius 3 is 2.68 bits per heavy atom. The zero-order chi connectivity index (χ0) is 14.0. The van der Waals surface area contributed by atoms with Crippen molar-refractivity contribution < 1.29 is 9.21 Å². The van der Waals surface area contributed by atoms with Gasteiger partial charge in [0.15, 0.2) is 5.78 Å². The molecule has 2 heterocycles. The van der Waals surface area contributed by atoms with Gasteiger partial charge in [-0.05, 0) is 50.6 Å². The molecule has 4 nitrogen and oxygen atoms in total. The number of hydrogen-bond acceptors (Lipinski definition) is 3. The van der Waals surface area contributed by atoms with Crippen LogP contribution in [0, 0.1) is 13.8 Å². The Balaban J connectivity index is 2.43. The molecule has 0 aliphatic heterocycles. The van der Waals surface area contributed by atoms with Crippen molar-refractivity contribution in [3.63, 3.8) is 0 Å². The Bertz CT molecular complexity index is 691. The maximum atomic E-state index is 12.3. The lowest BCUT2D eigenvalue weighted by Crippen LogP contribution is -2.21. The molecule has 0 saturated carbocycles. The number of carbonyl (C=O) groups is 1. The molecule has 98 valence electrons. The van der Waals surface area contributed by atoms with E-state index in [1.807, 2.05) is 0 Å². The predicted molar refractivity (Wildman–Crippen MR) is 73.2 cm³/mol. The van der Waals surface area contributed by atoms with Crippen LogP contribution in [0.3, 0.4) is 0 Å². The first kappa shape index (κ1) is 13.1. The second kappa shape index (κ2) is 5.10. The molecule has 0 spiro atoms. The fraction of sp³-hybridized carbons (Fsp3) is 0.200. The molecule has 0 amide bonds. The number of aromatic nitrogens is 1. The first-order chi connectivity index (χ1) is 8.99. The molecule has 0 fully saturated rings. The number of allylic oxidation sites excluding steroid dienone is 1. The van der Waals surface area contributed by atoms with Crippen molar-refractivity contribution in [2.45, 2.75) is 20.8 Å². The number of carbonyl (C=O) groups excluding carboxylic acids is 1. The minimum absolute atomic E-state index is 0.186. The van der Waals surface area contributed by atoms with Crippen LogP contribution in [0.1, 0.15) is 34.3 Å². The third-order valence-electron chi connectivity index (χ3n) is 2.85. The number of aryl methyl sites for hydroxylation is 2. The van der Waals surface area contributed by atoms with Crippen LogP contribution in [0.4, 0.5) is 0 Å². The number of H-pyrrole nitrogens is 1. The topological polar surface area (TPSA) is 63.1 Å². The van der Waals surface area contributed by atoms with Gasteiger partial charge < -0.3 is 9.40 Å². The first-order valence-electron chi connectivity index (χ1n) is 5.96. The summed E-state index contributed by atoms with van der Waals surface area (Å²) in [6.45, 7) is 5.22. The zero-order valence-corrected chi connectivity index (χ0v) is 11.1. The van der Waals surface area contributed by atoms with Crippen LogP contribution in [-0.4, -0.2) is 10.8 Å². The van der Waals surface area contributed by atoms with Crippen LogP contribution in [0.2, 0.25) is 0 Å². The van der Waals surface area contributed by atoms with Crippen molar-refractivity contribution in [1.82, 2.24) is 4.98 Å². The number of aromatic amines is 1. The van der Waals surface area contributed by atoms with Gasteiger partial charge >= 0.3 is 0 Å². The van der Waals surface area contributed by atoms with Crippen molar-refractivity contribution in [2.75, 3.05) is 0 Å². The summed E-state index contributed by atoms with van der Waals surface area (Å²) in [4.78, 5) is 26.8. The fourth-order valence-electron chi connectivity index (χ4n) is 1.99. The molecule has 0 atom stereocenters. The van der Waals surface area contributed by atoms with Crippen LogP contribution in [0.5, 0.6) is 0 Å². The SMILES string of the molecule is C/C(=C/c1ccco1)C(=O)c1c(C)cc(C)[nH]c1=O. The van der Waals surface area contributed by atoms with Gasteiger partial charge in [-0.2, -0.15) is 0 Å². The minimum atomic E-state index is -0.352. The number of Topliss-reactive ketones (excluding diaryl/α,β-unsaturated/α-hetero) is 1. The van der Waals surface area contributed by atoms with E-state index in [4.69, 9.17) is 4.42 Å². The number of pyridine rings is 1. The van der Waals surface area contributed by atoms with Gasteiger partial charge in [-0.1, -0.05) is 0 Å². The van der Waals surface area contributed by atoms with Gasteiger partial charge in [0, 0.05) is 11.3 Å². The maximum Gasteiger partial charge on any atom is 0.259 e. The summed E-state index contributed by atoms with van der Waals surface area (Å²) in [5.41, 5.74) is 1.72. The monoisotopic (exact) mass is 257 g/mol. The number of nitrogens with one attached hydrogen (secondary N) is 1. The second-order valence-corrected chi connectivity index (χ2v) is 4.51. The third-order valence-corrected chi connectivity index (χ3v) is 2.85. The van der Waals surface area contributed by atoms with Crippen LogP contribution in [0.15, 0.2) is 39.2 Å². The molecule has 19 heavy (non-hydrogen) atoms. The summed E-state index contributed by atoms with van der Waals surface area (Å²) in [6.07, 6.45) is 3.16. The van der Waals surface area contributed by atoms with E-state index in [0.717, 1.165) is 5.69 Å². The van der Waals surface area contributed by atoms with Crippen LogP contribution in [0.25, 0.3) is 6.08 Å². The quantitative estimate of drug-likeness (QED) is 0.679. The molecular weight excluding hydrogens is 242 g/mol. The molecule has 1 N–H and O–H groups in total. The Morgan fingerprint density at radius 2 is 2.11 bits per heavy atom. The van der Waals surface area contributed by atoms with E-state index in [2.05, 4.69) is 4.98 Å². The summed E-state index contributed by atoms with van der Waals surface area (Å²) < 4.78 is 5.16.